The Bertz CT molecular complexity index is 316. The van der Waals surface area contributed by atoms with Crippen molar-refractivity contribution in [2.75, 3.05) is 14.2 Å². The minimum atomic E-state index is -1.14. The van der Waals surface area contributed by atoms with Crippen LogP contribution in [0, 0.1) is 18.3 Å². The van der Waals surface area contributed by atoms with Crippen LogP contribution in [0.5, 0.6) is 0 Å². The van der Waals surface area contributed by atoms with E-state index in [2.05, 4.69) is 5.92 Å². The number of likely N-dealkylation sites (N-methyl/N-ethyl adjacent to an activating group) is 1. The second-order valence-electron chi connectivity index (χ2n) is 5.32. The van der Waals surface area contributed by atoms with Crippen molar-refractivity contribution >= 4 is 5.78 Å². The van der Waals surface area contributed by atoms with E-state index in [0.717, 1.165) is 12.8 Å². The van der Waals surface area contributed by atoms with Gasteiger partial charge in [-0.3, -0.25) is 4.79 Å². The van der Waals surface area contributed by atoms with Crippen LogP contribution in [0.25, 0.3) is 0 Å². The smallest absolute Gasteiger partial charge is 0.216 e. The van der Waals surface area contributed by atoms with E-state index in [1.54, 1.807) is 7.05 Å². The topological polar surface area (TPSA) is 49.8 Å². The molecule has 1 N–H and O–H groups in total. The number of rotatable bonds is 6. The fourth-order valence-corrected chi connectivity index (χ4v) is 2.70. The largest absolute Gasteiger partial charge is 0.356 e. The number of carbonyl (C=O) groups excluding carboxylic acids is 1. The van der Waals surface area contributed by atoms with Gasteiger partial charge < -0.3 is 9.84 Å². The Balaban J connectivity index is 2.56. The summed E-state index contributed by atoms with van der Waals surface area (Å²) in [6.45, 7) is 0. The molecule has 0 saturated heterocycles. The van der Waals surface area contributed by atoms with E-state index in [1.807, 2.05) is 0 Å². The van der Waals surface area contributed by atoms with Crippen molar-refractivity contribution < 1.29 is 14.6 Å². The Labute approximate surface area is 116 Å². The van der Waals surface area contributed by atoms with Crippen molar-refractivity contribution in [3.63, 3.8) is 0 Å². The third-order valence-electron chi connectivity index (χ3n) is 3.89. The molecule has 0 heterocycles. The number of terminal acetylenes is 1. The van der Waals surface area contributed by atoms with E-state index in [9.17, 15) is 9.90 Å². The van der Waals surface area contributed by atoms with Crippen LogP contribution in [0.2, 0.25) is 0 Å². The van der Waals surface area contributed by atoms with Crippen LogP contribution in [0.1, 0.15) is 44.9 Å². The van der Waals surface area contributed by atoms with Gasteiger partial charge in [-0.2, -0.15) is 0 Å². The van der Waals surface area contributed by atoms with Crippen molar-refractivity contribution in [3.8, 4) is 12.3 Å². The zero-order chi connectivity index (χ0) is 14.3. The molecule has 2 atom stereocenters. The highest BCUT2D eigenvalue weighted by molar-refractivity contribution is 5.87. The molecule has 0 aromatic heterocycles. The molecule has 19 heavy (non-hydrogen) atoms. The summed E-state index contributed by atoms with van der Waals surface area (Å²) in [4.78, 5) is 13.7. The van der Waals surface area contributed by atoms with Gasteiger partial charge in [0, 0.05) is 13.5 Å². The van der Waals surface area contributed by atoms with Gasteiger partial charge in [0.2, 0.25) is 6.41 Å². The number of hydrogen-bond acceptors (Lipinski definition) is 4. The van der Waals surface area contributed by atoms with E-state index in [-0.39, 0.29) is 5.78 Å². The molecule has 1 aliphatic carbocycles. The Morgan fingerprint density at radius 1 is 1.42 bits per heavy atom. The van der Waals surface area contributed by atoms with Gasteiger partial charge in [-0.15, -0.1) is 6.42 Å². The fraction of sp³-hybridized carbons (Fsp3) is 0.800. The van der Waals surface area contributed by atoms with Crippen molar-refractivity contribution in [3.05, 3.63) is 0 Å². The monoisotopic (exact) mass is 267 g/mol. The zero-order valence-electron chi connectivity index (χ0n) is 12.0. The maximum Gasteiger partial charge on any atom is 0.216 e. The average Bonchev–Trinajstić information content (AvgIpc) is 2.67. The van der Waals surface area contributed by atoms with Gasteiger partial charge in [-0.1, -0.05) is 44.4 Å². The molecule has 0 aliphatic heterocycles. The predicted molar refractivity (Wildman–Crippen MR) is 74.2 cm³/mol. The molecule has 4 nitrogen and oxygen atoms in total. The SMILES string of the molecule is C#CC(C(=O)CC1CCCCCC1)N(C)C(O)OC. The second kappa shape index (κ2) is 8.31. The van der Waals surface area contributed by atoms with E-state index >= 15 is 0 Å². The van der Waals surface area contributed by atoms with Gasteiger partial charge in [0.05, 0.1) is 0 Å². The molecule has 0 aromatic carbocycles. The summed E-state index contributed by atoms with van der Waals surface area (Å²) < 4.78 is 4.79. The standard InChI is InChI=1S/C15H25NO3/c1-4-13(16(2)15(18)19-3)14(17)11-12-9-7-5-6-8-10-12/h1,12-13,15,18H,5-11H2,2-3H3. The molecule has 1 rings (SSSR count). The molecule has 1 aliphatic rings. The van der Waals surface area contributed by atoms with Crippen molar-refractivity contribution in [2.24, 2.45) is 5.92 Å². The summed E-state index contributed by atoms with van der Waals surface area (Å²) in [5, 5.41) is 9.58. The van der Waals surface area contributed by atoms with Crippen LogP contribution in [0.15, 0.2) is 0 Å². The summed E-state index contributed by atoms with van der Waals surface area (Å²) >= 11 is 0. The molecular weight excluding hydrogens is 242 g/mol. The number of aliphatic hydroxyl groups is 1. The minimum Gasteiger partial charge on any atom is -0.356 e. The number of carbonyl (C=O) groups is 1. The van der Waals surface area contributed by atoms with Crippen LogP contribution >= 0.6 is 0 Å². The molecule has 108 valence electrons. The van der Waals surface area contributed by atoms with Crippen LogP contribution in [-0.4, -0.2) is 42.4 Å². The molecule has 2 unspecified atom stereocenters. The normalized spacial score (nSPS) is 20.6. The van der Waals surface area contributed by atoms with Gasteiger partial charge in [-0.05, 0) is 13.0 Å². The first-order valence-electron chi connectivity index (χ1n) is 7.01. The Morgan fingerprint density at radius 2 is 2.00 bits per heavy atom. The lowest BCUT2D eigenvalue weighted by atomic mass is 9.92. The van der Waals surface area contributed by atoms with E-state index in [1.165, 1.54) is 37.7 Å². The van der Waals surface area contributed by atoms with Gasteiger partial charge in [0.25, 0.3) is 0 Å². The van der Waals surface area contributed by atoms with Gasteiger partial charge in [-0.25, -0.2) is 4.90 Å². The summed E-state index contributed by atoms with van der Waals surface area (Å²) in [7, 11) is 2.98. The maximum atomic E-state index is 12.3. The van der Waals surface area contributed by atoms with Crippen LogP contribution in [0.3, 0.4) is 0 Å². The molecular formula is C15H25NO3. The van der Waals surface area contributed by atoms with Gasteiger partial charge in [0.1, 0.15) is 6.04 Å². The fourth-order valence-electron chi connectivity index (χ4n) is 2.70. The number of methoxy groups -OCH3 is 1. The first kappa shape index (κ1) is 16.2. The molecule has 0 spiro atoms. The highest BCUT2D eigenvalue weighted by atomic mass is 16.6. The molecule has 4 heteroatoms. The van der Waals surface area contributed by atoms with E-state index < -0.39 is 12.5 Å². The summed E-state index contributed by atoms with van der Waals surface area (Å²) in [6, 6.07) is -0.710. The summed E-state index contributed by atoms with van der Waals surface area (Å²) in [6.07, 6.45) is 12.0. The highest BCUT2D eigenvalue weighted by Gasteiger charge is 2.27. The van der Waals surface area contributed by atoms with E-state index in [0.29, 0.717) is 12.3 Å². The lowest BCUT2D eigenvalue weighted by molar-refractivity contribution is -0.178. The average molecular weight is 267 g/mol. The number of Topliss-reactive ketones (excluding diaryl/α,β-unsaturated/α-hetero) is 1. The summed E-state index contributed by atoms with van der Waals surface area (Å²) in [5.41, 5.74) is 0. The molecule has 0 amide bonds. The van der Waals surface area contributed by atoms with Gasteiger partial charge in [0.15, 0.2) is 5.78 Å². The second-order valence-corrected chi connectivity index (χ2v) is 5.32. The number of hydrogen-bond donors (Lipinski definition) is 1. The molecule has 0 bridgehead atoms. The minimum absolute atomic E-state index is 0.00741. The zero-order valence-corrected chi connectivity index (χ0v) is 12.0. The first-order chi connectivity index (χ1) is 9.10. The highest BCUT2D eigenvalue weighted by Crippen LogP contribution is 2.26. The van der Waals surface area contributed by atoms with E-state index in [4.69, 9.17) is 11.2 Å². The maximum absolute atomic E-state index is 12.3. The number of nitrogens with zero attached hydrogens (tertiary/aromatic N) is 1. The Morgan fingerprint density at radius 3 is 2.47 bits per heavy atom. The third-order valence-corrected chi connectivity index (χ3v) is 3.89. The van der Waals surface area contributed by atoms with Crippen LogP contribution in [-0.2, 0) is 9.53 Å². The predicted octanol–water partition coefficient (Wildman–Crippen LogP) is 1.77. The van der Waals surface area contributed by atoms with Crippen LogP contribution in [0.4, 0.5) is 0 Å². The quantitative estimate of drug-likeness (QED) is 0.453. The first-order valence-corrected chi connectivity index (χ1v) is 7.01. The summed E-state index contributed by atoms with van der Waals surface area (Å²) in [5.74, 6) is 2.91. The number of ketones is 1. The number of aliphatic hydroxyl groups excluding tert-OH is 1. The molecule has 1 saturated carbocycles. The molecule has 0 aromatic rings. The van der Waals surface area contributed by atoms with Crippen LogP contribution < -0.4 is 0 Å². The van der Waals surface area contributed by atoms with Crippen molar-refractivity contribution in [1.82, 2.24) is 4.90 Å². The Kier molecular flexibility index (Phi) is 7.07. The Hall–Kier alpha value is -0.890. The molecule has 0 radical (unpaired) electrons. The third kappa shape index (κ3) is 4.94. The number of ether oxygens (including phenoxy) is 1. The molecule has 1 fully saturated rings. The van der Waals surface area contributed by atoms with Crippen molar-refractivity contribution in [2.45, 2.75) is 57.4 Å². The lowest BCUT2D eigenvalue weighted by Crippen LogP contribution is -2.45. The lowest BCUT2D eigenvalue weighted by Gasteiger charge is -2.27. The van der Waals surface area contributed by atoms with Gasteiger partial charge >= 0.3 is 0 Å². The van der Waals surface area contributed by atoms with Crippen molar-refractivity contribution in [1.29, 1.82) is 0 Å².